The number of aliphatic hydroxyl groups excluding tert-OH is 1. The van der Waals surface area contributed by atoms with Crippen molar-refractivity contribution in [3.63, 3.8) is 0 Å². The standard InChI is InChI=1S/C21H23N3O5S/c1-5-29-21(26)18-11(2)16-19(22-10-23-20(16)30-18)24-8-12-14(27-3)6-7-15(28-4)17(12)13(25)9-24/h6-7,10,13,25H,5,8-9H2,1-4H3/t13-/m0/s1. The van der Waals surface area contributed by atoms with E-state index >= 15 is 0 Å². The number of carbonyl (C=O) groups excluding carboxylic acids is 1. The summed E-state index contributed by atoms with van der Waals surface area (Å²) in [5.74, 6) is 1.61. The summed E-state index contributed by atoms with van der Waals surface area (Å²) >= 11 is 1.29. The molecule has 0 saturated carbocycles. The minimum atomic E-state index is -0.785. The van der Waals surface area contributed by atoms with Gasteiger partial charge in [-0.1, -0.05) is 0 Å². The number of esters is 1. The van der Waals surface area contributed by atoms with Gasteiger partial charge in [-0.15, -0.1) is 11.3 Å². The van der Waals surface area contributed by atoms with Gasteiger partial charge in [-0.25, -0.2) is 14.8 Å². The number of hydrogen-bond acceptors (Lipinski definition) is 9. The Morgan fingerprint density at radius 2 is 2.00 bits per heavy atom. The van der Waals surface area contributed by atoms with Crippen molar-refractivity contribution in [2.45, 2.75) is 26.5 Å². The van der Waals surface area contributed by atoms with Crippen LogP contribution in [0.25, 0.3) is 10.2 Å². The van der Waals surface area contributed by atoms with Crippen LogP contribution in [-0.2, 0) is 11.3 Å². The monoisotopic (exact) mass is 429 g/mol. The molecular weight excluding hydrogens is 406 g/mol. The molecule has 0 spiro atoms. The lowest BCUT2D eigenvalue weighted by atomic mass is 9.95. The number of aliphatic hydroxyl groups is 1. The van der Waals surface area contributed by atoms with Crippen LogP contribution in [0.4, 0.5) is 5.82 Å². The molecule has 1 aliphatic heterocycles. The number of β-amino-alcohol motifs (C(OH)–C–C–N with tert-alkyl or cyclic N) is 1. The van der Waals surface area contributed by atoms with E-state index in [0.717, 1.165) is 22.1 Å². The summed E-state index contributed by atoms with van der Waals surface area (Å²) in [7, 11) is 3.19. The largest absolute Gasteiger partial charge is 0.496 e. The van der Waals surface area contributed by atoms with E-state index in [1.807, 2.05) is 17.9 Å². The van der Waals surface area contributed by atoms with Crippen molar-refractivity contribution in [2.75, 3.05) is 32.3 Å². The van der Waals surface area contributed by atoms with E-state index in [0.29, 0.717) is 46.7 Å². The molecule has 4 rings (SSSR count). The maximum absolute atomic E-state index is 12.3. The molecule has 1 N–H and O–H groups in total. The van der Waals surface area contributed by atoms with Gasteiger partial charge in [0.25, 0.3) is 0 Å². The van der Waals surface area contributed by atoms with Crippen molar-refractivity contribution in [3.8, 4) is 11.5 Å². The fourth-order valence-corrected chi connectivity index (χ4v) is 4.96. The molecule has 30 heavy (non-hydrogen) atoms. The predicted molar refractivity (Wildman–Crippen MR) is 114 cm³/mol. The van der Waals surface area contributed by atoms with E-state index in [9.17, 15) is 9.90 Å². The fourth-order valence-electron chi connectivity index (χ4n) is 3.92. The lowest BCUT2D eigenvalue weighted by Gasteiger charge is -2.35. The second-order valence-electron chi connectivity index (χ2n) is 6.91. The van der Waals surface area contributed by atoms with Crippen molar-refractivity contribution in [2.24, 2.45) is 0 Å². The normalized spacial score (nSPS) is 15.8. The highest BCUT2D eigenvalue weighted by atomic mass is 32.1. The number of hydrogen-bond donors (Lipinski definition) is 1. The molecule has 158 valence electrons. The number of rotatable bonds is 5. The van der Waals surface area contributed by atoms with Gasteiger partial charge in [-0.2, -0.15) is 0 Å². The Morgan fingerprint density at radius 1 is 1.27 bits per heavy atom. The molecule has 0 radical (unpaired) electrons. The number of fused-ring (bicyclic) bond motifs is 2. The highest BCUT2D eigenvalue weighted by Crippen LogP contribution is 2.42. The van der Waals surface area contributed by atoms with Crippen molar-refractivity contribution in [1.29, 1.82) is 0 Å². The van der Waals surface area contributed by atoms with Crippen LogP contribution in [0.5, 0.6) is 11.5 Å². The first-order valence-corrected chi connectivity index (χ1v) is 10.4. The zero-order valence-corrected chi connectivity index (χ0v) is 18.1. The summed E-state index contributed by atoms with van der Waals surface area (Å²) in [6, 6.07) is 3.63. The second-order valence-corrected chi connectivity index (χ2v) is 7.91. The summed E-state index contributed by atoms with van der Waals surface area (Å²) in [6.45, 7) is 4.76. The zero-order chi connectivity index (χ0) is 21.4. The summed E-state index contributed by atoms with van der Waals surface area (Å²) in [6.07, 6.45) is 0.694. The number of thiophene rings is 1. The first kappa shape index (κ1) is 20.4. The number of methoxy groups -OCH3 is 2. The van der Waals surface area contributed by atoms with E-state index in [1.165, 1.54) is 17.7 Å². The number of aryl methyl sites for hydroxylation is 1. The van der Waals surface area contributed by atoms with Crippen LogP contribution in [0, 0.1) is 6.92 Å². The lowest BCUT2D eigenvalue weighted by molar-refractivity contribution is 0.0531. The minimum absolute atomic E-state index is 0.307. The van der Waals surface area contributed by atoms with Crippen molar-refractivity contribution in [1.82, 2.24) is 9.97 Å². The number of nitrogens with zero attached hydrogens (tertiary/aromatic N) is 3. The zero-order valence-electron chi connectivity index (χ0n) is 17.3. The topological polar surface area (TPSA) is 94.0 Å². The third-order valence-electron chi connectivity index (χ3n) is 5.26. The molecule has 0 saturated heterocycles. The SMILES string of the molecule is CCOC(=O)c1sc2ncnc(N3Cc4c(OC)ccc(OC)c4[C@@H](O)C3)c2c1C. The van der Waals surface area contributed by atoms with Crippen LogP contribution < -0.4 is 14.4 Å². The van der Waals surface area contributed by atoms with Gasteiger partial charge < -0.3 is 24.2 Å². The summed E-state index contributed by atoms with van der Waals surface area (Å²) in [5, 5.41) is 11.7. The number of aromatic nitrogens is 2. The molecule has 8 nitrogen and oxygen atoms in total. The minimum Gasteiger partial charge on any atom is -0.496 e. The van der Waals surface area contributed by atoms with Crippen LogP contribution >= 0.6 is 11.3 Å². The van der Waals surface area contributed by atoms with E-state index in [-0.39, 0.29) is 5.97 Å². The Labute approximate surface area is 178 Å². The maximum atomic E-state index is 12.3. The molecule has 0 unspecified atom stereocenters. The molecule has 0 amide bonds. The van der Waals surface area contributed by atoms with Crippen LogP contribution in [-0.4, -0.2) is 48.4 Å². The van der Waals surface area contributed by atoms with Gasteiger partial charge in [0.1, 0.15) is 39.5 Å². The molecule has 0 fully saturated rings. The Morgan fingerprint density at radius 3 is 2.70 bits per heavy atom. The number of anilines is 1. The molecule has 3 heterocycles. The average Bonchev–Trinajstić information content (AvgIpc) is 3.09. The Kier molecular flexibility index (Phi) is 5.48. The van der Waals surface area contributed by atoms with Gasteiger partial charge in [0, 0.05) is 17.7 Å². The third kappa shape index (κ3) is 3.23. The number of ether oxygens (including phenoxy) is 3. The van der Waals surface area contributed by atoms with E-state index in [2.05, 4.69) is 9.97 Å². The molecule has 1 aliphatic rings. The molecule has 1 aromatic carbocycles. The van der Waals surface area contributed by atoms with Crippen LogP contribution in [0.2, 0.25) is 0 Å². The quantitative estimate of drug-likeness (QED) is 0.618. The maximum Gasteiger partial charge on any atom is 0.348 e. The van der Waals surface area contributed by atoms with E-state index in [4.69, 9.17) is 14.2 Å². The Balaban J connectivity index is 1.82. The fraction of sp³-hybridized carbons (Fsp3) is 0.381. The highest BCUT2D eigenvalue weighted by molar-refractivity contribution is 7.20. The summed E-state index contributed by atoms with van der Waals surface area (Å²) in [5.41, 5.74) is 2.36. The van der Waals surface area contributed by atoms with Crippen molar-refractivity contribution < 1.29 is 24.1 Å². The van der Waals surface area contributed by atoms with Crippen molar-refractivity contribution >= 4 is 33.3 Å². The molecular formula is C21H23N3O5S. The summed E-state index contributed by atoms with van der Waals surface area (Å²) < 4.78 is 16.2. The van der Waals surface area contributed by atoms with Crippen LogP contribution in [0.1, 0.15) is 39.4 Å². The van der Waals surface area contributed by atoms with Gasteiger partial charge in [0.2, 0.25) is 0 Å². The van der Waals surface area contributed by atoms with Crippen molar-refractivity contribution in [3.05, 3.63) is 40.0 Å². The van der Waals surface area contributed by atoms with Gasteiger partial charge in [0.05, 0.1) is 32.8 Å². The first-order chi connectivity index (χ1) is 14.5. The van der Waals surface area contributed by atoms with Gasteiger partial charge >= 0.3 is 5.97 Å². The third-order valence-corrected chi connectivity index (χ3v) is 6.44. The Hall–Kier alpha value is -2.91. The first-order valence-electron chi connectivity index (χ1n) is 9.58. The molecule has 0 bridgehead atoms. The smallest absolute Gasteiger partial charge is 0.348 e. The predicted octanol–water partition coefficient (Wildman–Crippen LogP) is 3.25. The highest BCUT2D eigenvalue weighted by Gasteiger charge is 2.32. The molecule has 9 heteroatoms. The van der Waals surface area contributed by atoms with Crippen LogP contribution in [0.3, 0.4) is 0 Å². The van der Waals surface area contributed by atoms with Gasteiger partial charge in [0.15, 0.2) is 0 Å². The number of benzene rings is 1. The van der Waals surface area contributed by atoms with E-state index < -0.39 is 6.10 Å². The molecule has 3 aromatic rings. The average molecular weight is 429 g/mol. The number of carbonyl (C=O) groups is 1. The lowest BCUT2D eigenvalue weighted by Crippen LogP contribution is -2.35. The second kappa shape index (κ2) is 8.08. The molecule has 2 aromatic heterocycles. The summed E-state index contributed by atoms with van der Waals surface area (Å²) in [4.78, 5) is 24.4. The molecule has 1 atom stereocenters. The van der Waals surface area contributed by atoms with Gasteiger partial charge in [-0.3, -0.25) is 0 Å². The van der Waals surface area contributed by atoms with E-state index in [1.54, 1.807) is 27.2 Å². The van der Waals surface area contributed by atoms with Gasteiger partial charge in [-0.05, 0) is 31.5 Å². The molecule has 0 aliphatic carbocycles. The van der Waals surface area contributed by atoms with Crippen LogP contribution in [0.15, 0.2) is 18.5 Å². The Bertz CT molecular complexity index is 1110.